The van der Waals surface area contributed by atoms with Crippen molar-refractivity contribution >= 4 is 11.8 Å². The van der Waals surface area contributed by atoms with Crippen LogP contribution in [0.1, 0.15) is 26.7 Å². The molecule has 0 unspecified atom stereocenters. The molecule has 3 fully saturated rings. The molecule has 130 valence electrons. The van der Waals surface area contributed by atoms with E-state index < -0.39 is 11.2 Å². The predicted octanol–water partition coefficient (Wildman–Crippen LogP) is 0.237. The zero-order valence-electron chi connectivity index (χ0n) is 14.0. The van der Waals surface area contributed by atoms with Crippen LogP contribution in [-0.2, 0) is 23.8 Å². The van der Waals surface area contributed by atoms with E-state index in [1.165, 1.54) is 0 Å². The molecule has 0 aromatic rings. The largest absolute Gasteiger partial charge is 0.378 e. The second-order valence-corrected chi connectivity index (χ2v) is 6.93. The van der Waals surface area contributed by atoms with Gasteiger partial charge in [0.05, 0.1) is 26.4 Å². The first-order valence-electron chi connectivity index (χ1n) is 8.39. The van der Waals surface area contributed by atoms with Gasteiger partial charge in [-0.2, -0.15) is 0 Å². The lowest BCUT2D eigenvalue weighted by Crippen LogP contribution is -2.56. The Kier molecular flexibility index (Phi) is 4.62. The summed E-state index contributed by atoms with van der Waals surface area (Å²) < 4.78 is 16.7. The second kappa shape index (κ2) is 6.37. The normalized spacial score (nSPS) is 25.0. The van der Waals surface area contributed by atoms with Gasteiger partial charge in [-0.15, -0.1) is 0 Å². The summed E-state index contributed by atoms with van der Waals surface area (Å²) in [5.41, 5.74) is -1.04. The first kappa shape index (κ1) is 16.7. The molecule has 1 spiro atoms. The predicted molar refractivity (Wildman–Crippen MR) is 81.6 cm³/mol. The van der Waals surface area contributed by atoms with Gasteiger partial charge in [-0.05, 0) is 13.8 Å². The number of carbonyl (C=O) groups is 2. The fourth-order valence-electron chi connectivity index (χ4n) is 3.48. The SMILES string of the molecule is CC(C)(C(=O)N1CCOCC1)C(=O)N1CCC2(CC1)OCCO2. The minimum absolute atomic E-state index is 0.109. The number of amides is 2. The molecular weight excluding hydrogens is 300 g/mol. The van der Waals surface area contributed by atoms with E-state index in [2.05, 4.69) is 0 Å². The van der Waals surface area contributed by atoms with Crippen molar-refractivity contribution in [3.63, 3.8) is 0 Å². The number of carbonyl (C=O) groups excluding carboxylic acids is 2. The minimum atomic E-state index is -1.04. The molecule has 7 nitrogen and oxygen atoms in total. The van der Waals surface area contributed by atoms with Crippen LogP contribution in [0.4, 0.5) is 0 Å². The highest BCUT2D eigenvalue weighted by atomic mass is 16.7. The molecule has 0 aromatic heterocycles. The van der Waals surface area contributed by atoms with Crippen LogP contribution in [0.2, 0.25) is 0 Å². The lowest BCUT2D eigenvalue weighted by molar-refractivity contribution is -0.190. The first-order valence-corrected chi connectivity index (χ1v) is 8.39. The van der Waals surface area contributed by atoms with Crippen LogP contribution >= 0.6 is 0 Å². The summed E-state index contributed by atoms with van der Waals surface area (Å²) in [5, 5.41) is 0. The molecule has 23 heavy (non-hydrogen) atoms. The van der Waals surface area contributed by atoms with Crippen molar-refractivity contribution in [3.05, 3.63) is 0 Å². The van der Waals surface area contributed by atoms with Crippen LogP contribution < -0.4 is 0 Å². The molecule has 3 aliphatic heterocycles. The van der Waals surface area contributed by atoms with E-state index >= 15 is 0 Å². The summed E-state index contributed by atoms with van der Waals surface area (Å²) in [7, 11) is 0. The number of hydrogen-bond donors (Lipinski definition) is 0. The van der Waals surface area contributed by atoms with Gasteiger partial charge in [-0.1, -0.05) is 0 Å². The van der Waals surface area contributed by atoms with Crippen LogP contribution in [-0.4, -0.2) is 80.0 Å². The van der Waals surface area contributed by atoms with Crippen LogP contribution in [0.25, 0.3) is 0 Å². The lowest BCUT2D eigenvalue weighted by atomic mass is 9.88. The maximum absolute atomic E-state index is 12.9. The van der Waals surface area contributed by atoms with Crippen molar-refractivity contribution in [2.45, 2.75) is 32.5 Å². The van der Waals surface area contributed by atoms with E-state index in [-0.39, 0.29) is 11.8 Å². The van der Waals surface area contributed by atoms with Gasteiger partial charge in [0, 0.05) is 39.0 Å². The van der Waals surface area contributed by atoms with Gasteiger partial charge in [-0.25, -0.2) is 0 Å². The summed E-state index contributed by atoms with van der Waals surface area (Å²) in [6.45, 7) is 8.01. The van der Waals surface area contributed by atoms with Gasteiger partial charge in [0.25, 0.3) is 0 Å². The molecule has 3 aliphatic rings. The molecule has 0 atom stereocenters. The topological polar surface area (TPSA) is 68.3 Å². The van der Waals surface area contributed by atoms with Gasteiger partial charge in [0.2, 0.25) is 11.8 Å². The molecule has 0 bridgehead atoms. The summed E-state index contributed by atoms with van der Waals surface area (Å²) in [4.78, 5) is 29.1. The summed E-state index contributed by atoms with van der Waals surface area (Å²) >= 11 is 0. The number of nitrogens with zero attached hydrogens (tertiary/aromatic N) is 2. The third kappa shape index (κ3) is 3.22. The number of hydrogen-bond acceptors (Lipinski definition) is 5. The van der Waals surface area contributed by atoms with E-state index in [0.29, 0.717) is 65.4 Å². The van der Waals surface area contributed by atoms with Gasteiger partial charge < -0.3 is 24.0 Å². The highest BCUT2D eigenvalue weighted by Gasteiger charge is 2.46. The van der Waals surface area contributed by atoms with E-state index in [9.17, 15) is 9.59 Å². The number of piperidine rings is 1. The van der Waals surface area contributed by atoms with Gasteiger partial charge in [-0.3, -0.25) is 9.59 Å². The number of ether oxygens (including phenoxy) is 3. The average molecular weight is 326 g/mol. The Morgan fingerprint density at radius 2 is 1.30 bits per heavy atom. The molecule has 0 saturated carbocycles. The minimum Gasteiger partial charge on any atom is -0.378 e. The van der Waals surface area contributed by atoms with Crippen molar-refractivity contribution in [1.82, 2.24) is 9.80 Å². The Morgan fingerprint density at radius 1 is 0.826 bits per heavy atom. The van der Waals surface area contributed by atoms with Crippen molar-refractivity contribution in [2.75, 3.05) is 52.6 Å². The van der Waals surface area contributed by atoms with Crippen molar-refractivity contribution in [2.24, 2.45) is 5.41 Å². The Bertz CT molecular complexity index is 457. The molecule has 3 saturated heterocycles. The molecular formula is C16H26N2O5. The molecule has 0 aliphatic carbocycles. The van der Waals surface area contributed by atoms with E-state index in [0.717, 1.165) is 0 Å². The molecule has 0 aromatic carbocycles. The summed E-state index contributed by atoms with van der Waals surface area (Å²) in [6, 6.07) is 0. The number of likely N-dealkylation sites (tertiary alicyclic amines) is 1. The third-order valence-corrected chi connectivity index (χ3v) is 4.99. The van der Waals surface area contributed by atoms with E-state index in [1.54, 1.807) is 23.6 Å². The summed E-state index contributed by atoms with van der Waals surface area (Å²) in [6.07, 6.45) is 1.33. The quantitative estimate of drug-likeness (QED) is 0.680. The Labute approximate surface area is 136 Å². The maximum atomic E-state index is 12.9. The lowest BCUT2D eigenvalue weighted by Gasteiger charge is -2.41. The van der Waals surface area contributed by atoms with Gasteiger partial charge in [0.15, 0.2) is 5.79 Å². The molecule has 0 radical (unpaired) electrons. The molecule has 0 N–H and O–H groups in total. The fraction of sp³-hybridized carbons (Fsp3) is 0.875. The van der Waals surface area contributed by atoms with Gasteiger partial charge >= 0.3 is 0 Å². The van der Waals surface area contributed by atoms with Crippen LogP contribution in [0, 0.1) is 5.41 Å². The van der Waals surface area contributed by atoms with Crippen molar-refractivity contribution < 1.29 is 23.8 Å². The highest BCUT2D eigenvalue weighted by molar-refractivity contribution is 6.04. The third-order valence-electron chi connectivity index (χ3n) is 4.99. The maximum Gasteiger partial charge on any atom is 0.237 e. The van der Waals surface area contributed by atoms with Crippen LogP contribution in [0.3, 0.4) is 0 Å². The van der Waals surface area contributed by atoms with Crippen LogP contribution in [0.15, 0.2) is 0 Å². The second-order valence-electron chi connectivity index (χ2n) is 6.93. The van der Waals surface area contributed by atoms with Crippen molar-refractivity contribution in [3.8, 4) is 0 Å². The fourth-order valence-corrected chi connectivity index (χ4v) is 3.48. The van der Waals surface area contributed by atoms with Gasteiger partial charge in [0.1, 0.15) is 5.41 Å². The Hall–Kier alpha value is -1.18. The molecule has 2 amide bonds. The zero-order valence-corrected chi connectivity index (χ0v) is 14.0. The van der Waals surface area contributed by atoms with E-state index in [4.69, 9.17) is 14.2 Å². The smallest absolute Gasteiger partial charge is 0.237 e. The monoisotopic (exact) mass is 326 g/mol. The molecule has 3 heterocycles. The number of rotatable bonds is 2. The van der Waals surface area contributed by atoms with E-state index in [1.807, 2.05) is 0 Å². The Balaban J connectivity index is 1.61. The first-order chi connectivity index (χ1) is 10.9. The average Bonchev–Trinajstić information content (AvgIpc) is 3.03. The summed E-state index contributed by atoms with van der Waals surface area (Å²) in [5.74, 6) is -0.726. The molecule has 3 rings (SSSR count). The molecule has 7 heteroatoms. The zero-order chi connectivity index (χ0) is 16.5. The van der Waals surface area contributed by atoms with Crippen LogP contribution in [0.5, 0.6) is 0 Å². The standard InChI is InChI=1S/C16H26N2O5/c1-15(2,14(20)18-7-9-21-10-8-18)13(19)17-5-3-16(4-6-17)22-11-12-23-16/h3-12H2,1-2H3. The van der Waals surface area contributed by atoms with Crippen molar-refractivity contribution in [1.29, 1.82) is 0 Å². The highest BCUT2D eigenvalue weighted by Crippen LogP contribution is 2.33. The Morgan fingerprint density at radius 3 is 1.83 bits per heavy atom. The number of morpholine rings is 1.